The topological polar surface area (TPSA) is 52.2 Å². The lowest BCUT2D eigenvalue weighted by Gasteiger charge is -2.02. The third-order valence-electron chi connectivity index (χ3n) is 3.44. The smallest absolute Gasteiger partial charge is 0.297 e. The Morgan fingerprint density at radius 1 is 1.46 bits per heavy atom. The molecule has 0 N–H and O–H groups in total. The number of nitrogens with zero attached hydrogens (tertiary/aromatic N) is 4. The Morgan fingerprint density at radius 2 is 2.25 bits per heavy atom. The second-order valence-corrected chi connectivity index (χ2v) is 5.98. The van der Waals surface area contributed by atoms with Gasteiger partial charge in [0.15, 0.2) is 10.6 Å². The largest absolute Gasteiger partial charge is 0.310 e. The molecule has 0 radical (unpaired) electrons. The van der Waals surface area contributed by atoms with Crippen LogP contribution in [0.15, 0.2) is 42.0 Å². The minimum Gasteiger partial charge on any atom is -0.310 e. The van der Waals surface area contributed by atoms with Crippen molar-refractivity contribution in [3.05, 3.63) is 59.2 Å². The van der Waals surface area contributed by atoms with Crippen molar-refractivity contribution in [2.45, 2.75) is 20.0 Å². The van der Waals surface area contributed by atoms with E-state index in [0.29, 0.717) is 16.9 Å². The summed E-state index contributed by atoms with van der Waals surface area (Å²) in [4.78, 5) is 16.8. The number of hydrogen-bond donors (Lipinski definition) is 0. The lowest BCUT2D eigenvalue weighted by Crippen LogP contribution is -2.18. The molecule has 0 fully saturated rings. The highest BCUT2D eigenvalue weighted by molar-refractivity contribution is 7.16. The zero-order valence-corrected chi connectivity index (χ0v) is 13.7. The van der Waals surface area contributed by atoms with Gasteiger partial charge in [-0.2, -0.15) is 10.1 Å². The van der Waals surface area contributed by atoms with Gasteiger partial charge in [-0.15, -0.1) is 6.58 Å². The number of carbonyl (C=O) groups is 1. The van der Waals surface area contributed by atoms with Gasteiger partial charge < -0.3 is 4.57 Å². The number of allylic oxidation sites excluding steroid dienone is 1. The standard InChI is InChI=1S/C16H14F2N4OS/c1-3-7-21-14-11(18)8-10(17)9-13(14)24-16(21)20-15(23)12-5-6-19-22(12)4-2/h3,5-6,8-9H,1,4,7H2,2H3. The number of aryl methyl sites for hydroxylation is 1. The molecule has 3 rings (SSSR count). The van der Waals surface area contributed by atoms with E-state index in [2.05, 4.69) is 16.7 Å². The summed E-state index contributed by atoms with van der Waals surface area (Å²) in [7, 11) is 0. The van der Waals surface area contributed by atoms with Crippen LogP contribution >= 0.6 is 11.3 Å². The molecule has 2 aromatic heterocycles. The first kappa shape index (κ1) is 16.3. The first-order chi connectivity index (χ1) is 11.5. The van der Waals surface area contributed by atoms with Crippen molar-refractivity contribution in [1.82, 2.24) is 14.3 Å². The number of fused-ring (bicyclic) bond motifs is 1. The molecule has 0 unspecified atom stereocenters. The van der Waals surface area contributed by atoms with Gasteiger partial charge in [-0.1, -0.05) is 17.4 Å². The first-order valence-electron chi connectivity index (χ1n) is 7.25. The molecule has 0 saturated carbocycles. The summed E-state index contributed by atoms with van der Waals surface area (Å²) in [5.74, 6) is -1.86. The van der Waals surface area contributed by atoms with Crippen molar-refractivity contribution in [3.8, 4) is 0 Å². The fourth-order valence-corrected chi connectivity index (χ4v) is 3.50. The number of hydrogen-bond acceptors (Lipinski definition) is 3. The number of aromatic nitrogens is 3. The molecule has 8 heteroatoms. The Balaban J connectivity index is 2.21. The molecule has 2 heterocycles. The van der Waals surface area contributed by atoms with Crippen molar-refractivity contribution < 1.29 is 13.6 Å². The van der Waals surface area contributed by atoms with Crippen molar-refractivity contribution >= 4 is 27.5 Å². The van der Waals surface area contributed by atoms with Crippen LogP contribution in [0.3, 0.4) is 0 Å². The maximum absolute atomic E-state index is 14.1. The van der Waals surface area contributed by atoms with Gasteiger partial charge in [0.25, 0.3) is 5.91 Å². The average Bonchev–Trinajstić information content (AvgIpc) is 3.12. The minimum atomic E-state index is -0.699. The summed E-state index contributed by atoms with van der Waals surface area (Å²) in [5, 5.41) is 4.03. The molecule has 1 amide bonds. The van der Waals surface area contributed by atoms with Gasteiger partial charge in [0.1, 0.15) is 11.5 Å². The highest BCUT2D eigenvalue weighted by Gasteiger charge is 2.15. The Morgan fingerprint density at radius 3 is 2.96 bits per heavy atom. The third kappa shape index (κ3) is 2.80. The van der Waals surface area contributed by atoms with Gasteiger partial charge in [-0.05, 0) is 19.1 Å². The van der Waals surface area contributed by atoms with E-state index in [0.717, 1.165) is 17.4 Å². The predicted octanol–water partition coefficient (Wildman–Crippen LogP) is 3.12. The molecular weight excluding hydrogens is 334 g/mol. The molecule has 124 valence electrons. The highest BCUT2D eigenvalue weighted by atomic mass is 32.1. The fraction of sp³-hybridized carbons (Fsp3) is 0.188. The van der Waals surface area contributed by atoms with E-state index in [-0.39, 0.29) is 16.9 Å². The molecule has 5 nitrogen and oxygen atoms in total. The Labute approximate surface area is 140 Å². The van der Waals surface area contributed by atoms with Gasteiger partial charge in [0.2, 0.25) is 0 Å². The van der Waals surface area contributed by atoms with Gasteiger partial charge in [0, 0.05) is 25.4 Å². The summed E-state index contributed by atoms with van der Waals surface area (Å²) >= 11 is 1.05. The minimum absolute atomic E-state index is 0.205. The molecule has 0 saturated heterocycles. The number of rotatable bonds is 4. The number of halogens is 2. The van der Waals surface area contributed by atoms with E-state index >= 15 is 0 Å². The SMILES string of the molecule is C=CCn1c(=NC(=O)c2ccnn2CC)sc2cc(F)cc(F)c21. The summed E-state index contributed by atoms with van der Waals surface area (Å²) in [6.45, 7) is 6.28. The molecule has 0 aliphatic carbocycles. The average molecular weight is 348 g/mol. The maximum Gasteiger partial charge on any atom is 0.297 e. The van der Waals surface area contributed by atoms with Crippen molar-refractivity contribution in [2.75, 3.05) is 0 Å². The Bertz CT molecular complexity index is 999. The van der Waals surface area contributed by atoms with Gasteiger partial charge in [-0.25, -0.2) is 8.78 Å². The second kappa shape index (κ2) is 6.48. The number of carbonyl (C=O) groups excluding carboxylic acids is 1. The monoisotopic (exact) mass is 348 g/mol. The Hall–Kier alpha value is -2.61. The van der Waals surface area contributed by atoms with Crippen LogP contribution in [0.2, 0.25) is 0 Å². The van der Waals surface area contributed by atoms with E-state index in [9.17, 15) is 13.6 Å². The predicted molar refractivity (Wildman–Crippen MR) is 87.7 cm³/mol. The zero-order valence-electron chi connectivity index (χ0n) is 12.9. The van der Waals surface area contributed by atoms with Crippen LogP contribution in [-0.2, 0) is 13.1 Å². The van der Waals surface area contributed by atoms with Gasteiger partial charge >= 0.3 is 0 Å². The number of amides is 1. The maximum atomic E-state index is 14.1. The third-order valence-corrected chi connectivity index (χ3v) is 4.46. The quantitative estimate of drug-likeness (QED) is 0.680. The lowest BCUT2D eigenvalue weighted by atomic mass is 10.3. The molecule has 0 bridgehead atoms. The molecule has 3 aromatic rings. The van der Waals surface area contributed by atoms with Gasteiger partial charge in [0.05, 0.1) is 10.2 Å². The van der Waals surface area contributed by atoms with Gasteiger partial charge in [-0.3, -0.25) is 9.48 Å². The molecular formula is C16H14F2N4OS. The van der Waals surface area contributed by atoms with Crippen LogP contribution < -0.4 is 4.80 Å². The molecule has 0 atom stereocenters. The van der Waals surface area contributed by atoms with Crippen LogP contribution in [0.1, 0.15) is 17.4 Å². The molecule has 24 heavy (non-hydrogen) atoms. The van der Waals surface area contributed by atoms with Crippen molar-refractivity contribution in [3.63, 3.8) is 0 Å². The van der Waals surface area contributed by atoms with Crippen LogP contribution in [0.4, 0.5) is 8.78 Å². The summed E-state index contributed by atoms with van der Waals surface area (Å²) in [6.07, 6.45) is 3.08. The highest BCUT2D eigenvalue weighted by Crippen LogP contribution is 2.22. The summed E-state index contributed by atoms with van der Waals surface area (Å²) < 4.78 is 31.0. The van der Waals surface area contributed by atoms with E-state index in [1.807, 2.05) is 6.92 Å². The van der Waals surface area contributed by atoms with Crippen LogP contribution in [0.5, 0.6) is 0 Å². The van der Waals surface area contributed by atoms with E-state index in [1.165, 1.54) is 21.5 Å². The normalized spacial score (nSPS) is 12.0. The molecule has 1 aromatic carbocycles. The van der Waals surface area contributed by atoms with E-state index < -0.39 is 17.5 Å². The van der Waals surface area contributed by atoms with E-state index in [4.69, 9.17) is 0 Å². The van der Waals surface area contributed by atoms with E-state index in [1.54, 1.807) is 12.1 Å². The zero-order chi connectivity index (χ0) is 17.3. The van der Waals surface area contributed by atoms with Crippen LogP contribution in [0.25, 0.3) is 10.2 Å². The van der Waals surface area contributed by atoms with Crippen molar-refractivity contribution in [1.29, 1.82) is 0 Å². The lowest BCUT2D eigenvalue weighted by molar-refractivity contribution is 0.0987. The molecule has 0 aliphatic heterocycles. The molecule has 0 spiro atoms. The molecule has 0 aliphatic rings. The van der Waals surface area contributed by atoms with Crippen LogP contribution in [-0.4, -0.2) is 20.3 Å². The van der Waals surface area contributed by atoms with Crippen molar-refractivity contribution in [2.24, 2.45) is 4.99 Å². The van der Waals surface area contributed by atoms with Crippen LogP contribution in [0, 0.1) is 11.6 Å². The number of thiazole rings is 1. The second-order valence-electron chi connectivity index (χ2n) is 4.97. The fourth-order valence-electron chi connectivity index (χ4n) is 2.42. The Kier molecular flexibility index (Phi) is 4.39. The number of benzene rings is 1. The summed E-state index contributed by atoms with van der Waals surface area (Å²) in [6, 6.07) is 3.61. The summed E-state index contributed by atoms with van der Waals surface area (Å²) in [5.41, 5.74) is 0.545. The first-order valence-corrected chi connectivity index (χ1v) is 8.07.